The predicted molar refractivity (Wildman–Crippen MR) is 84.4 cm³/mol. The maximum absolute atomic E-state index is 12.3. The first-order valence-electron chi connectivity index (χ1n) is 6.34. The van der Waals surface area contributed by atoms with E-state index in [2.05, 4.69) is 4.72 Å². The Kier molecular flexibility index (Phi) is 4.77. The van der Waals surface area contributed by atoms with Crippen LogP contribution in [0.2, 0.25) is 0 Å². The molecular weight excluding hydrogens is 312 g/mol. The van der Waals surface area contributed by atoms with Crippen molar-refractivity contribution in [3.05, 3.63) is 23.3 Å². The molecule has 0 bridgehead atoms. The molecule has 3 N–H and O–H groups in total. The molecule has 8 heteroatoms. The van der Waals surface area contributed by atoms with Gasteiger partial charge in [-0.25, -0.2) is 21.6 Å². The molecule has 21 heavy (non-hydrogen) atoms. The highest BCUT2D eigenvalue weighted by molar-refractivity contribution is 7.92. The number of hydrogen-bond acceptors (Lipinski definition) is 5. The molecule has 0 fully saturated rings. The van der Waals surface area contributed by atoms with Crippen molar-refractivity contribution < 1.29 is 16.8 Å². The van der Waals surface area contributed by atoms with Gasteiger partial charge in [-0.2, -0.15) is 0 Å². The van der Waals surface area contributed by atoms with Crippen LogP contribution in [0.5, 0.6) is 0 Å². The number of sulfonamides is 1. The van der Waals surface area contributed by atoms with E-state index >= 15 is 0 Å². The molecule has 0 atom stereocenters. The Balaban J connectivity index is 3.12. The fourth-order valence-corrected chi connectivity index (χ4v) is 3.36. The number of nitrogen functional groups attached to an aromatic ring is 1. The van der Waals surface area contributed by atoms with Crippen molar-refractivity contribution in [1.29, 1.82) is 0 Å². The molecule has 0 unspecified atom stereocenters. The molecule has 0 amide bonds. The van der Waals surface area contributed by atoms with Gasteiger partial charge in [-0.05, 0) is 51.0 Å². The fourth-order valence-electron chi connectivity index (χ4n) is 1.52. The van der Waals surface area contributed by atoms with Crippen molar-refractivity contribution in [2.24, 2.45) is 0 Å². The molecule has 1 aromatic rings. The molecule has 1 aromatic carbocycles. The predicted octanol–water partition coefficient (Wildman–Crippen LogP) is 0.987. The Hall–Kier alpha value is -1.12. The van der Waals surface area contributed by atoms with Crippen LogP contribution in [-0.2, 0) is 19.9 Å². The fraction of sp³-hybridized carbons (Fsp3) is 0.538. The van der Waals surface area contributed by atoms with Crippen molar-refractivity contribution in [3.8, 4) is 0 Å². The number of aryl methyl sites for hydroxylation is 2. The topological polar surface area (TPSA) is 106 Å². The van der Waals surface area contributed by atoms with E-state index in [1.165, 1.54) is 19.9 Å². The quantitative estimate of drug-likeness (QED) is 0.781. The van der Waals surface area contributed by atoms with E-state index in [9.17, 15) is 16.8 Å². The highest BCUT2D eigenvalue weighted by Crippen LogP contribution is 2.23. The summed E-state index contributed by atoms with van der Waals surface area (Å²) in [6.07, 6.45) is 1.08. The Labute approximate surface area is 126 Å². The molecule has 6 nitrogen and oxygen atoms in total. The van der Waals surface area contributed by atoms with Crippen molar-refractivity contribution in [1.82, 2.24) is 4.72 Å². The summed E-state index contributed by atoms with van der Waals surface area (Å²) in [6.45, 7) is 6.33. The normalized spacial score (nSPS) is 13.4. The standard InChI is InChI=1S/C13H22N2O4S2/c1-9-6-11(14)12(7-10(9)2)21(18,19)15-8-13(3,4)20(5,16)17/h6-7,15H,8,14H2,1-5H3. The third kappa shape index (κ3) is 3.96. The molecule has 0 aliphatic rings. The number of rotatable bonds is 5. The van der Waals surface area contributed by atoms with E-state index in [4.69, 9.17) is 5.73 Å². The molecule has 0 aliphatic carbocycles. The Morgan fingerprint density at radius 1 is 1.10 bits per heavy atom. The van der Waals surface area contributed by atoms with E-state index < -0.39 is 24.6 Å². The van der Waals surface area contributed by atoms with Gasteiger partial charge in [0.1, 0.15) is 4.90 Å². The summed E-state index contributed by atoms with van der Waals surface area (Å²) in [6, 6.07) is 3.08. The van der Waals surface area contributed by atoms with Gasteiger partial charge in [0.15, 0.2) is 9.84 Å². The average molecular weight is 334 g/mol. The summed E-state index contributed by atoms with van der Waals surface area (Å²) in [5.74, 6) is 0. The lowest BCUT2D eigenvalue weighted by molar-refractivity contribution is 0.537. The van der Waals surface area contributed by atoms with E-state index in [-0.39, 0.29) is 17.1 Å². The maximum atomic E-state index is 12.3. The van der Waals surface area contributed by atoms with Crippen molar-refractivity contribution >= 4 is 25.5 Å². The number of nitrogens with two attached hydrogens (primary N) is 1. The average Bonchev–Trinajstić information content (AvgIpc) is 2.30. The minimum absolute atomic E-state index is 0.0325. The first-order chi connectivity index (χ1) is 9.28. The zero-order valence-corrected chi connectivity index (χ0v) is 14.5. The van der Waals surface area contributed by atoms with Gasteiger partial charge < -0.3 is 5.73 Å². The van der Waals surface area contributed by atoms with Crippen molar-refractivity contribution in [2.75, 3.05) is 18.5 Å². The second kappa shape index (κ2) is 5.58. The van der Waals surface area contributed by atoms with Crippen LogP contribution in [0.15, 0.2) is 17.0 Å². The van der Waals surface area contributed by atoms with Crippen LogP contribution in [-0.4, -0.2) is 34.4 Å². The maximum Gasteiger partial charge on any atom is 0.242 e. The molecule has 0 radical (unpaired) electrons. The molecule has 1 rings (SSSR count). The van der Waals surface area contributed by atoms with Crippen LogP contribution in [0.1, 0.15) is 25.0 Å². The Morgan fingerprint density at radius 3 is 2.05 bits per heavy atom. The second-order valence-corrected chi connectivity index (χ2v) is 10.2. The molecule has 0 saturated heterocycles. The second-order valence-electron chi connectivity index (χ2n) is 5.83. The zero-order chi connectivity index (χ0) is 16.6. The lowest BCUT2D eigenvalue weighted by atomic mass is 10.1. The zero-order valence-electron chi connectivity index (χ0n) is 12.9. The van der Waals surface area contributed by atoms with Crippen molar-refractivity contribution in [3.63, 3.8) is 0 Å². The lowest BCUT2D eigenvalue weighted by Gasteiger charge is -2.23. The van der Waals surface area contributed by atoms with E-state index in [0.29, 0.717) is 0 Å². The largest absolute Gasteiger partial charge is 0.398 e. The Morgan fingerprint density at radius 2 is 1.57 bits per heavy atom. The third-order valence-electron chi connectivity index (χ3n) is 3.61. The number of sulfone groups is 1. The minimum atomic E-state index is -3.86. The number of benzene rings is 1. The number of nitrogens with one attached hydrogen (secondary N) is 1. The van der Waals surface area contributed by atoms with Gasteiger partial charge in [0, 0.05) is 12.8 Å². The summed E-state index contributed by atoms with van der Waals surface area (Å²) in [4.78, 5) is -0.0325. The molecule has 120 valence electrons. The molecule has 0 heterocycles. The van der Waals surface area contributed by atoms with E-state index in [0.717, 1.165) is 17.4 Å². The monoisotopic (exact) mass is 334 g/mol. The Bertz CT molecular complexity index is 751. The highest BCUT2D eigenvalue weighted by Gasteiger charge is 2.32. The first-order valence-corrected chi connectivity index (χ1v) is 9.71. The number of anilines is 1. The van der Waals surface area contributed by atoms with Crippen LogP contribution in [0.25, 0.3) is 0 Å². The number of hydrogen-bond donors (Lipinski definition) is 2. The van der Waals surface area contributed by atoms with Gasteiger partial charge in [-0.1, -0.05) is 0 Å². The van der Waals surface area contributed by atoms with Gasteiger partial charge in [-0.3, -0.25) is 0 Å². The highest BCUT2D eigenvalue weighted by atomic mass is 32.2. The summed E-state index contributed by atoms with van der Waals surface area (Å²) < 4.78 is 49.0. The van der Waals surface area contributed by atoms with E-state index in [1.807, 2.05) is 6.92 Å². The smallest absolute Gasteiger partial charge is 0.242 e. The van der Waals surface area contributed by atoms with Crippen LogP contribution in [0.3, 0.4) is 0 Å². The van der Waals surface area contributed by atoms with Crippen LogP contribution in [0, 0.1) is 13.8 Å². The lowest BCUT2D eigenvalue weighted by Crippen LogP contribution is -2.43. The van der Waals surface area contributed by atoms with Crippen LogP contribution in [0.4, 0.5) is 5.69 Å². The summed E-state index contributed by atoms with van der Waals surface area (Å²) >= 11 is 0. The van der Waals surface area contributed by atoms with Gasteiger partial charge >= 0.3 is 0 Å². The summed E-state index contributed by atoms with van der Waals surface area (Å²) in [5.41, 5.74) is 7.60. The van der Waals surface area contributed by atoms with Crippen molar-refractivity contribution in [2.45, 2.75) is 37.3 Å². The van der Waals surface area contributed by atoms with Gasteiger partial charge in [-0.15, -0.1) is 0 Å². The molecular formula is C13H22N2O4S2. The summed E-state index contributed by atoms with van der Waals surface area (Å²) in [5, 5.41) is 0. The van der Waals surface area contributed by atoms with Gasteiger partial charge in [0.25, 0.3) is 0 Å². The first kappa shape index (κ1) is 17.9. The molecule has 0 spiro atoms. The third-order valence-corrected chi connectivity index (χ3v) is 7.22. The van der Waals surface area contributed by atoms with Gasteiger partial charge in [0.2, 0.25) is 10.0 Å². The van der Waals surface area contributed by atoms with Crippen LogP contribution < -0.4 is 10.5 Å². The summed E-state index contributed by atoms with van der Waals surface area (Å²) in [7, 11) is -7.25. The molecule has 0 aliphatic heterocycles. The molecule has 0 saturated carbocycles. The van der Waals surface area contributed by atoms with E-state index in [1.54, 1.807) is 13.0 Å². The van der Waals surface area contributed by atoms with Crippen LogP contribution >= 0.6 is 0 Å². The molecule has 0 aromatic heterocycles. The van der Waals surface area contributed by atoms with Gasteiger partial charge in [0.05, 0.1) is 10.4 Å². The minimum Gasteiger partial charge on any atom is -0.398 e. The SMILES string of the molecule is Cc1cc(N)c(S(=O)(=O)NCC(C)(C)S(C)(=O)=O)cc1C.